The molecular formula is C108H107BN4. The summed E-state index contributed by atoms with van der Waals surface area (Å²) in [6, 6.07) is 123. The Morgan fingerprint density at radius 1 is 0.204 bits per heavy atom. The molecule has 0 amide bonds. The lowest BCUT2D eigenvalue weighted by Crippen LogP contribution is -2.61. The van der Waals surface area contributed by atoms with E-state index < -0.39 is 0 Å². The van der Waals surface area contributed by atoms with Gasteiger partial charge in [-0.15, -0.1) is 0 Å². The van der Waals surface area contributed by atoms with E-state index in [-0.39, 0.29) is 39.2 Å². The van der Waals surface area contributed by atoms with Crippen LogP contribution in [0.2, 0.25) is 0 Å². The molecule has 0 bridgehead atoms. The molecule has 113 heavy (non-hydrogen) atoms. The van der Waals surface area contributed by atoms with Gasteiger partial charge in [-0.2, -0.15) is 0 Å². The molecule has 2 aliphatic rings. The van der Waals surface area contributed by atoms with Crippen LogP contribution in [0.4, 0.5) is 68.2 Å². The van der Waals surface area contributed by atoms with Crippen molar-refractivity contribution in [3.63, 3.8) is 0 Å². The van der Waals surface area contributed by atoms with Crippen molar-refractivity contribution in [2.24, 2.45) is 0 Å². The van der Waals surface area contributed by atoms with Crippen LogP contribution in [0.25, 0.3) is 55.6 Å². The minimum atomic E-state index is -0.301. The Kier molecular flexibility index (Phi) is 19.2. The molecule has 4 nitrogen and oxygen atoms in total. The Bertz CT molecular complexity index is 5240. The molecule has 0 spiro atoms. The molecule has 14 aromatic rings. The van der Waals surface area contributed by atoms with Crippen molar-refractivity contribution in [3.05, 3.63) is 355 Å². The van der Waals surface area contributed by atoms with Gasteiger partial charge < -0.3 is 19.6 Å². The minimum absolute atomic E-state index is 0.0484. The van der Waals surface area contributed by atoms with Crippen molar-refractivity contribution in [2.45, 2.75) is 157 Å². The molecule has 0 aliphatic carbocycles. The number of rotatable bonds is 13. The molecule has 0 N–H and O–H groups in total. The van der Waals surface area contributed by atoms with E-state index in [1.54, 1.807) is 0 Å². The van der Waals surface area contributed by atoms with Crippen LogP contribution in [0.1, 0.15) is 158 Å². The lowest BCUT2D eigenvalue weighted by molar-refractivity contribution is 0.569. The van der Waals surface area contributed by atoms with E-state index in [0.29, 0.717) is 0 Å². The smallest absolute Gasteiger partial charge is 0.252 e. The summed E-state index contributed by atoms with van der Waals surface area (Å²) in [5, 5.41) is 0. The predicted molar refractivity (Wildman–Crippen MR) is 489 cm³/mol. The lowest BCUT2D eigenvalue weighted by atomic mass is 9.33. The Balaban J connectivity index is 1.10. The van der Waals surface area contributed by atoms with Crippen molar-refractivity contribution in [1.82, 2.24) is 0 Å². The third-order valence-electron chi connectivity index (χ3n) is 23.4. The summed E-state index contributed by atoms with van der Waals surface area (Å²) in [5.74, 6) is 0. The van der Waals surface area contributed by atoms with Crippen molar-refractivity contribution < 1.29 is 0 Å². The van der Waals surface area contributed by atoms with E-state index in [1.807, 2.05) is 0 Å². The average molecular weight is 1470 g/mol. The highest BCUT2D eigenvalue weighted by atomic mass is 15.2. The number of nitrogens with zero attached hydrogens (tertiary/aromatic N) is 4. The van der Waals surface area contributed by atoms with Gasteiger partial charge in [-0.3, -0.25) is 0 Å². The van der Waals surface area contributed by atoms with Crippen LogP contribution in [0.3, 0.4) is 0 Å². The average Bonchev–Trinajstić information content (AvgIpc) is 0.686. The summed E-state index contributed by atoms with van der Waals surface area (Å²) in [5.41, 5.74) is 35.2. The molecule has 0 saturated carbocycles. The Morgan fingerprint density at radius 2 is 0.451 bits per heavy atom. The number of benzene rings is 14. The van der Waals surface area contributed by atoms with Crippen molar-refractivity contribution >= 4 is 91.3 Å². The normalized spacial score (nSPS) is 13.0. The number of hydrogen-bond donors (Lipinski definition) is 0. The fraction of sp³-hybridized carbons (Fsp3) is 0.222. The Labute approximate surface area is 674 Å². The Morgan fingerprint density at radius 3 is 0.708 bits per heavy atom. The molecule has 2 aliphatic heterocycles. The van der Waals surface area contributed by atoms with Crippen LogP contribution in [-0.2, 0) is 32.5 Å². The number of hydrogen-bond acceptors (Lipinski definition) is 4. The monoisotopic (exact) mass is 1470 g/mol. The molecule has 0 saturated heterocycles. The fourth-order valence-electron chi connectivity index (χ4n) is 16.9. The second-order valence-corrected chi connectivity index (χ2v) is 37.5. The van der Waals surface area contributed by atoms with Crippen molar-refractivity contribution in [2.75, 3.05) is 19.6 Å². The molecule has 0 atom stereocenters. The highest BCUT2D eigenvalue weighted by Crippen LogP contribution is 2.56. The predicted octanol–water partition coefficient (Wildman–Crippen LogP) is 28.8. The lowest BCUT2D eigenvalue weighted by Gasteiger charge is -2.46. The molecular weight excluding hydrogens is 1360 g/mol. The first-order valence-corrected chi connectivity index (χ1v) is 40.6. The van der Waals surface area contributed by atoms with Gasteiger partial charge >= 0.3 is 0 Å². The molecule has 0 aromatic heterocycles. The van der Waals surface area contributed by atoms with Crippen molar-refractivity contribution in [3.8, 4) is 55.6 Å². The summed E-state index contributed by atoms with van der Waals surface area (Å²) in [4.78, 5) is 10.4. The second-order valence-electron chi connectivity index (χ2n) is 37.5. The second kappa shape index (κ2) is 28.8. The largest absolute Gasteiger partial charge is 0.310 e. The van der Waals surface area contributed by atoms with Gasteiger partial charge in [0, 0.05) is 79.1 Å². The van der Waals surface area contributed by atoms with Gasteiger partial charge in [0.1, 0.15) is 0 Å². The molecule has 0 fully saturated rings. The zero-order valence-electron chi connectivity index (χ0n) is 69.5. The molecule has 5 heteroatoms. The van der Waals surface area contributed by atoms with E-state index in [1.165, 1.54) is 55.3 Å². The first-order chi connectivity index (χ1) is 53.8. The summed E-state index contributed by atoms with van der Waals surface area (Å²) >= 11 is 0. The number of anilines is 12. The zero-order valence-corrected chi connectivity index (χ0v) is 69.5. The molecule has 16 rings (SSSR count). The summed E-state index contributed by atoms with van der Waals surface area (Å²) in [7, 11) is 0. The van der Waals surface area contributed by atoms with Crippen LogP contribution in [-0.4, -0.2) is 6.71 Å². The maximum Gasteiger partial charge on any atom is 0.252 e. The number of para-hydroxylation sites is 2. The van der Waals surface area contributed by atoms with E-state index in [9.17, 15) is 0 Å². The number of fused-ring (bicyclic) bond motifs is 4. The van der Waals surface area contributed by atoms with Gasteiger partial charge in [0.15, 0.2) is 0 Å². The maximum absolute atomic E-state index is 2.72. The fourth-order valence-corrected chi connectivity index (χ4v) is 16.9. The van der Waals surface area contributed by atoms with E-state index in [0.717, 1.165) is 118 Å². The van der Waals surface area contributed by atoms with E-state index in [2.05, 4.69) is 466 Å². The molecule has 14 aromatic carbocycles. The molecule has 562 valence electrons. The first kappa shape index (κ1) is 75.4. The first-order valence-electron chi connectivity index (χ1n) is 40.6. The van der Waals surface area contributed by atoms with E-state index >= 15 is 0 Å². The van der Waals surface area contributed by atoms with Gasteiger partial charge in [0.05, 0.1) is 11.4 Å². The van der Waals surface area contributed by atoms with E-state index in [4.69, 9.17) is 0 Å². The highest BCUT2D eigenvalue weighted by molar-refractivity contribution is 7.00. The summed E-state index contributed by atoms with van der Waals surface area (Å²) < 4.78 is 0. The quantitative estimate of drug-likeness (QED) is 0.107. The van der Waals surface area contributed by atoms with Crippen LogP contribution in [0, 0.1) is 0 Å². The highest BCUT2D eigenvalue weighted by Gasteiger charge is 2.46. The van der Waals surface area contributed by atoms with Gasteiger partial charge in [-0.05, 0) is 201 Å². The van der Waals surface area contributed by atoms with Gasteiger partial charge in [-0.1, -0.05) is 361 Å². The van der Waals surface area contributed by atoms with Crippen LogP contribution >= 0.6 is 0 Å². The summed E-state index contributed by atoms with van der Waals surface area (Å²) in [6.07, 6.45) is 0. The standard InChI is InChI=1S/C108H107BN4/c1-103(2,3)78-45-53-84(54-46-78)110(85-55-47-79(48-56-85)104(4,5)6)88-61-63-94-96(70-88)112(101-90(72-33-23-19-24-34-72)41-31-42-91(101)73-35-25-20-26-36-73)98-67-77(76-65-82(107(13,14)15)69-83(66-76)108(16,17)18)68-99-100(98)109(94)95-64-62-89(111(86-57-49-80(50-58-86)105(7,8)9)87-59-51-81(52-60-87)106(10,11)12)71-97(95)113(99)102-92(74-37-27-21-28-38-74)43-32-44-93(102)75-39-29-22-30-40-75/h19-71H,1-18H3. The molecule has 0 radical (unpaired) electrons. The third-order valence-corrected chi connectivity index (χ3v) is 23.4. The van der Waals surface area contributed by atoms with Gasteiger partial charge in [0.25, 0.3) is 6.71 Å². The zero-order chi connectivity index (χ0) is 79.3. The molecule has 0 unspecified atom stereocenters. The van der Waals surface area contributed by atoms with Crippen molar-refractivity contribution in [1.29, 1.82) is 0 Å². The minimum Gasteiger partial charge on any atom is -0.310 e. The SMILES string of the molecule is CC(C)(C)c1ccc(N(c2ccc(C(C)(C)C)cc2)c2ccc3c(c2)N(c2c(-c4ccccc4)cccc2-c2ccccc2)c2cc(-c4cc(C(C)(C)C)cc(C(C)(C)C)c4)cc4c2B3c2ccc(N(c3ccc(C(C)(C)C)cc3)c3ccc(C(C)(C)C)cc3)cc2N4c2c(-c3ccccc3)cccc2-c2ccccc2)cc1. The third kappa shape index (κ3) is 14.5. The van der Waals surface area contributed by atoms with Crippen LogP contribution < -0.4 is 36.0 Å². The Hall–Kier alpha value is -11.7. The topological polar surface area (TPSA) is 13.0 Å². The maximum atomic E-state index is 2.72. The summed E-state index contributed by atoms with van der Waals surface area (Å²) in [6.45, 7) is 41.6. The van der Waals surface area contributed by atoms with Crippen LogP contribution in [0.5, 0.6) is 0 Å². The molecule has 2 heterocycles. The van der Waals surface area contributed by atoms with Gasteiger partial charge in [-0.25, -0.2) is 0 Å². The van der Waals surface area contributed by atoms with Gasteiger partial charge in [0.2, 0.25) is 0 Å². The van der Waals surface area contributed by atoms with Crippen LogP contribution in [0.15, 0.2) is 322 Å².